The van der Waals surface area contributed by atoms with Crippen molar-refractivity contribution in [3.8, 4) is 11.4 Å². The lowest BCUT2D eigenvalue weighted by Gasteiger charge is -2.12. The van der Waals surface area contributed by atoms with E-state index in [9.17, 15) is 4.79 Å². The van der Waals surface area contributed by atoms with E-state index in [1.165, 1.54) is 11.8 Å². The van der Waals surface area contributed by atoms with E-state index in [2.05, 4.69) is 28.7 Å². The Morgan fingerprint density at radius 3 is 2.70 bits per heavy atom. The SMILES string of the molecule is C=CCNC(=O)[C@@H](C)Sc1nnc(-c2ccccc2)n1CC=C. The molecule has 5 nitrogen and oxygen atoms in total. The average Bonchev–Trinajstić information content (AvgIpc) is 2.96. The summed E-state index contributed by atoms with van der Waals surface area (Å²) in [7, 11) is 0. The van der Waals surface area contributed by atoms with Gasteiger partial charge in [-0.25, -0.2) is 0 Å². The van der Waals surface area contributed by atoms with E-state index in [1.807, 2.05) is 41.8 Å². The Morgan fingerprint density at radius 2 is 2.04 bits per heavy atom. The molecule has 0 aliphatic rings. The molecule has 0 radical (unpaired) electrons. The first-order valence-electron chi connectivity index (χ1n) is 7.32. The van der Waals surface area contributed by atoms with E-state index >= 15 is 0 Å². The van der Waals surface area contributed by atoms with Crippen LogP contribution in [0.2, 0.25) is 0 Å². The number of benzene rings is 1. The molecule has 1 atom stereocenters. The Hall–Kier alpha value is -2.34. The molecule has 0 fully saturated rings. The minimum absolute atomic E-state index is 0.0516. The maximum absolute atomic E-state index is 12.0. The van der Waals surface area contributed by atoms with Crippen molar-refractivity contribution in [2.75, 3.05) is 6.54 Å². The quantitative estimate of drug-likeness (QED) is 0.598. The van der Waals surface area contributed by atoms with Crippen molar-refractivity contribution >= 4 is 17.7 Å². The number of rotatable bonds is 8. The molecule has 0 aliphatic heterocycles. The first-order chi connectivity index (χ1) is 11.2. The number of thioether (sulfide) groups is 1. The summed E-state index contributed by atoms with van der Waals surface area (Å²) in [6.07, 6.45) is 3.45. The van der Waals surface area contributed by atoms with Crippen LogP contribution in [-0.4, -0.2) is 32.5 Å². The summed E-state index contributed by atoms with van der Waals surface area (Å²) in [5, 5.41) is 11.7. The number of carbonyl (C=O) groups excluding carboxylic acids is 1. The van der Waals surface area contributed by atoms with Crippen LogP contribution in [0.3, 0.4) is 0 Å². The summed E-state index contributed by atoms with van der Waals surface area (Å²) in [6, 6.07) is 9.84. The van der Waals surface area contributed by atoms with Crippen molar-refractivity contribution in [2.24, 2.45) is 0 Å². The van der Waals surface area contributed by atoms with Gasteiger partial charge >= 0.3 is 0 Å². The zero-order valence-corrected chi connectivity index (χ0v) is 13.9. The normalized spacial score (nSPS) is 11.7. The molecule has 0 spiro atoms. The first-order valence-corrected chi connectivity index (χ1v) is 8.20. The van der Waals surface area contributed by atoms with E-state index in [-0.39, 0.29) is 11.2 Å². The molecule has 1 heterocycles. The van der Waals surface area contributed by atoms with E-state index in [1.54, 1.807) is 12.2 Å². The van der Waals surface area contributed by atoms with Crippen LogP contribution in [-0.2, 0) is 11.3 Å². The maximum atomic E-state index is 12.0. The van der Waals surface area contributed by atoms with Gasteiger partial charge in [0.25, 0.3) is 0 Å². The minimum atomic E-state index is -0.272. The maximum Gasteiger partial charge on any atom is 0.233 e. The zero-order valence-electron chi connectivity index (χ0n) is 13.1. The van der Waals surface area contributed by atoms with Crippen LogP contribution < -0.4 is 5.32 Å². The van der Waals surface area contributed by atoms with Crippen LogP contribution >= 0.6 is 11.8 Å². The first kappa shape index (κ1) is 17.0. The molecular weight excluding hydrogens is 308 g/mol. The third-order valence-electron chi connectivity index (χ3n) is 3.13. The van der Waals surface area contributed by atoms with Crippen LogP contribution in [0.25, 0.3) is 11.4 Å². The molecule has 1 aromatic heterocycles. The molecule has 0 aliphatic carbocycles. The van der Waals surface area contributed by atoms with Gasteiger partial charge in [-0.2, -0.15) is 0 Å². The van der Waals surface area contributed by atoms with Crippen LogP contribution in [0.5, 0.6) is 0 Å². The molecule has 0 unspecified atom stereocenters. The number of allylic oxidation sites excluding steroid dienone is 1. The fourth-order valence-corrected chi connectivity index (χ4v) is 2.88. The summed E-state index contributed by atoms with van der Waals surface area (Å²) in [6.45, 7) is 10.3. The van der Waals surface area contributed by atoms with Crippen LogP contribution in [0.1, 0.15) is 6.92 Å². The summed E-state index contributed by atoms with van der Waals surface area (Å²) in [5.74, 6) is 0.719. The van der Waals surface area contributed by atoms with Crippen molar-refractivity contribution in [3.63, 3.8) is 0 Å². The van der Waals surface area contributed by atoms with Gasteiger partial charge in [0.2, 0.25) is 5.91 Å². The molecule has 2 aromatic rings. The Morgan fingerprint density at radius 1 is 1.30 bits per heavy atom. The number of hydrogen-bond donors (Lipinski definition) is 1. The second kappa shape index (κ2) is 8.33. The van der Waals surface area contributed by atoms with Gasteiger partial charge in [0.05, 0.1) is 5.25 Å². The number of hydrogen-bond acceptors (Lipinski definition) is 4. The van der Waals surface area contributed by atoms with Crippen molar-refractivity contribution in [2.45, 2.75) is 23.9 Å². The summed E-state index contributed by atoms with van der Waals surface area (Å²) in [5.41, 5.74) is 0.984. The summed E-state index contributed by atoms with van der Waals surface area (Å²) in [4.78, 5) is 12.0. The van der Waals surface area contributed by atoms with Crippen LogP contribution in [0.4, 0.5) is 0 Å². The van der Waals surface area contributed by atoms with E-state index in [0.29, 0.717) is 18.2 Å². The molecule has 1 amide bonds. The smallest absolute Gasteiger partial charge is 0.233 e. The second-order valence-corrected chi connectivity index (χ2v) is 6.17. The molecule has 0 bridgehead atoms. The Bertz CT molecular complexity index is 681. The number of amides is 1. The van der Waals surface area contributed by atoms with Crippen molar-refractivity contribution < 1.29 is 4.79 Å². The summed E-state index contributed by atoms with van der Waals surface area (Å²) >= 11 is 1.38. The van der Waals surface area contributed by atoms with E-state index in [4.69, 9.17) is 0 Å². The van der Waals surface area contributed by atoms with E-state index in [0.717, 1.165) is 11.4 Å². The molecule has 120 valence electrons. The third-order valence-corrected chi connectivity index (χ3v) is 4.21. The van der Waals surface area contributed by atoms with Gasteiger partial charge in [0.1, 0.15) is 0 Å². The molecule has 6 heteroatoms. The molecule has 2 rings (SSSR count). The predicted octanol–water partition coefficient (Wildman–Crippen LogP) is 2.91. The standard InChI is InChI=1S/C17H20N4OS/c1-4-11-18-16(22)13(3)23-17-20-19-15(21(17)12-5-2)14-9-7-6-8-10-14/h4-10,13H,1-2,11-12H2,3H3,(H,18,22)/t13-/m1/s1. The van der Waals surface area contributed by atoms with Gasteiger partial charge in [0.15, 0.2) is 11.0 Å². The third kappa shape index (κ3) is 4.32. The fraction of sp³-hybridized carbons (Fsp3) is 0.235. The number of nitrogens with zero attached hydrogens (tertiary/aromatic N) is 3. The topological polar surface area (TPSA) is 59.8 Å². The van der Waals surface area contributed by atoms with Gasteiger partial charge < -0.3 is 5.32 Å². The fourth-order valence-electron chi connectivity index (χ4n) is 2.00. The molecule has 0 saturated carbocycles. The Kier molecular flexibility index (Phi) is 6.17. The second-order valence-electron chi connectivity index (χ2n) is 4.87. The van der Waals surface area contributed by atoms with Gasteiger partial charge in [-0.3, -0.25) is 9.36 Å². The molecule has 1 N–H and O–H groups in total. The van der Waals surface area contributed by atoms with Gasteiger partial charge in [-0.05, 0) is 6.92 Å². The molecule has 1 aromatic carbocycles. The van der Waals surface area contributed by atoms with Crippen molar-refractivity contribution in [3.05, 3.63) is 55.6 Å². The van der Waals surface area contributed by atoms with E-state index < -0.39 is 0 Å². The monoisotopic (exact) mass is 328 g/mol. The lowest BCUT2D eigenvalue weighted by Crippen LogP contribution is -2.31. The van der Waals surface area contributed by atoms with Crippen molar-refractivity contribution in [1.82, 2.24) is 20.1 Å². The largest absolute Gasteiger partial charge is 0.352 e. The average molecular weight is 328 g/mol. The Balaban J connectivity index is 2.22. The number of nitrogens with one attached hydrogen (secondary N) is 1. The highest BCUT2D eigenvalue weighted by atomic mass is 32.2. The minimum Gasteiger partial charge on any atom is -0.352 e. The number of aromatic nitrogens is 3. The van der Waals surface area contributed by atoms with Gasteiger partial charge in [-0.15, -0.1) is 23.4 Å². The molecule has 23 heavy (non-hydrogen) atoms. The summed E-state index contributed by atoms with van der Waals surface area (Å²) < 4.78 is 1.96. The lowest BCUT2D eigenvalue weighted by atomic mass is 10.2. The predicted molar refractivity (Wildman–Crippen MR) is 94.2 cm³/mol. The highest BCUT2D eigenvalue weighted by Crippen LogP contribution is 2.26. The molecular formula is C17H20N4OS. The van der Waals surface area contributed by atoms with Gasteiger partial charge in [-0.1, -0.05) is 54.2 Å². The van der Waals surface area contributed by atoms with Crippen LogP contribution in [0.15, 0.2) is 60.8 Å². The number of carbonyl (C=O) groups is 1. The lowest BCUT2D eigenvalue weighted by molar-refractivity contribution is -0.120. The van der Waals surface area contributed by atoms with Gasteiger partial charge in [0, 0.05) is 18.7 Å². The highest BCUT2D eigenvalue weighted by molar-refractivity contribution is 8.00. The van der Waals surface area contributed by atoms with Crippen molar-refractivity contribution in [1.29, 1.82) is 0 Å². The molecule has 0 saturated heterocycles. The van der Waals surface area contributed by atoms with Crippen LogP contribution in [0, 0.1) is 0 Å². The zero-order chi connectivity index (χ0) is 16.7. The Labute approximate surface area is 140 Å². The highest BCUT2D eigenvalue weighted by Gasteiger charge is 2.19.